The molecule has 1 aromatic carbocycles. The number of nitrogens with one attached hydrogen (secondary N) is 1. The minimum absolute atomic E-state index is 0.0122. The summed E-state index contributed by atoms with van der Waals surface area (Å²) in [5.74, 6) is -0.227. The van der Waals surface area contributed by atoms with Gasteiger partial charge in [-0.1, -0.05) is 12.1 Å². The summed E-state index contributed by atoms with van der Waals surface area (Å²) in [6.07, 6.45) is 2.65. The maximum atomic E-state index is 13.4. The van der Waals surface area contributed by atoms with Crippen LogP contribution in [0.15, 0.2) is 30.6 Å². The van der Waals surface area contributed by atoms with Crippen molar-refractivity contribution in [3.63, 3.8) is 0 Å². The number of benzene rings is 1. The molecule has 3 heterocycles. The summed E-state index contributed by atoms with van der Waals surface area (Å²) in [4.78, 5) is 11.8. The fraction of sp³-hybridized carbons (Fsp3) is 0.389. The van der Waals surface area contributed by atoms with E-state index >= 15 is 0 Å². The van der Waals surface area contributed by atoms with E-state index in [4.69, 9.17) is 0 Å². The molecule has 2 aromatic heterocycles. The number of H-pyrrole nitrogens is 1. The third kappa shape index (κ3) is 2.95. The van der Waals surface area contributed by atoms with Gasteiger partial charge in [0.15, 0.2) is 0 Å². The normalized spacial score (nSPS) is 17.6. The van der Waals surface area contributed by atoms with Crippen molar-refractivity contribution in [1.82, 2.24) is 29.9 Å². The number of rotatable bonds is 4. The van der Waals surface area contributed by atoms with Crippen LogP contribution in [0.4, 0.5) is 4.39 Å². The highest BCUT2D eigenvalue weighted by molar-refractivity contribution is 5.33. The predicted octanol–water partition coefficient (Wildman–Crippen LogP) is 2.62. The summed E-state index contributed by atoms with van der Waals surface area (Å²) in [6, 6.07) is 6.68. The average Bonchev–Trinajstić information content (AvgIpc) is 3.22. The molecule has 25 heavy (non-hydrogen) atoms. The summed E-state index contributed by atoms with van der Waals surface area (Å²) < 4.78 is 13.4. The van der Waals surface area contributed by atoms with Crippen LogP contribution in [-0.4, -0.2) is 36.4 Å². The first-order valence-electron chi connectivity index (χ1n) is 8.58. The van der Waals surface area contributed by atoms with Gasteiger partial charge in [0.25, 0.3) is 0 Å². The molecule has 0 saturated heterocycles. The molecule has 0 amide bonds. The Morgan fingerprint density at radius 2 is 2.04 bits per heavy atom. The highest BCUT2D eigenvalue weighted by atomic mass is 19.1. The molecule has 0 spiro atoms. The lowest BCUT2D eigenvalue weighted by atomic mass is 9.95. The van der Waals surface area contributed by atoms with Crippen LogP contribution in [0.5, 0.6) is 0 Å². The van der Waals surface area contributed by atoms with Crippen LogP contribution < -0.4 is 0 Å². The molecule has 0 fully saturated rings. The van der Waals surface area contributed by atoms with Gasteiger partial charge in [0, 0.05) is 25.2 Å². The topological polar surface area (TPSA) is 62.6 Å². The van der Waals surface area contributed by atoms with Crippen LogP contribution in [-0.2, 0) is 19.5 Å². The van der Waals surface area contributed by atoms with Crippen molar-refractivity contribution in [2.24, 2.45) is 0 Å². The molecule has 6 nitrogen and oxygen atoms in total. The van der Waals surface area contributed by atoms with Crippen molar-refractivity contribution < 1.29 is 4.39 Å². The lowest BCUT2D eigenvalue weighted by molar-refractivity contribution is 0.197. The first kappa shape index (κ1) is 16.0. The molecule has 1 aliphatic rings. The Balaban J connectivity index is 1.70. The lowest BCUT2D eigenvalue weighted by Crippen LogP contribution is -2.36. The van der Waals surface area contributed by atoms with Crippen LogP contribution in [0.25, 0.3) is 0 Å². The number of fused-ring (bicyclic) bond motifs is 1. The second kappa shape index (κ2) is 6.40. The van der Waals surface area contributed by atoms with Crippen LogP contribution in [0.3, 0.4) is 0 Å². The quantitative estimate of drug-likeness (QED) is 0.793. The van der Waals surface area contributed by atoms with Crippen molar-refractivity contribution in [3.05, 3.63) is 64.7 Å². The highest BCUT2D eigenvalue weighted by Crippen LogP contribution is 2.34. The third-order valence-electron chi connectivity index (χ3n) is 4.77. The van der Waals surface area contributed by atoms with Crippen molar-refractivity contribution in [3.8, 4) is 0 Å². The van der Waals surface area contributed by atoms with Crippen molar-refractivity contribution in [2.45, 2.75) is 39.4 Å². The Morgan fingerprint density at radius 1 is 1.24 bits per heavy atom. The molecule has 0 bridgehead atoms. The Bertz CT molecular complexity index is 866. The summed E-state index contributed by atoms with van der Waals surface area (Å²) in [5, 5.41) is 9.03. The van der Waals surface area contributed by atoms with Gasteiger partial charge < -0.3 is 4.98 Å². The van der Waals surface area contributed by atoms with Crippen LogP contribution >= 0.6 is 0 Å². The van der Waals surface area contributed by atoms with Gasteiger partial charge in [-0.15, -0.1) is 0 Å². The number of hydrogen-bond donors (Lipinski definition) is 1. The number of nitrogens with zero attached hydrogens (tertiary/aromatic N) is 5. The van der Waals surface area contributed by atoms with E-state index in [2.05, 4.69) is 25.1 Å². The Morgan fingerprint density at radius 3 is 2.76 bits per heavy atom. The minimum atomic E-state index is -0.227. The van der Waals surface area contributed by atoms with Crippen molar-refractivity contribution in [1.29, 1.82) is 0 Å². The maximum absolute atomic E-state index is 13.4. The highest BCUT2D eigenvalue weighted by Gasteiger charge is 2.31. The molecule has 0 radical (unpaired) electrons. The second-order valence-electron chi connectivity index (χ2n) is 6.36. The third-order valence-corrected chi connectivity index (χ3v) is 4.77. The van der Waals surface area contributed by atoms with E-state index in [0.29, 0.717) is 6.54 Å². The molecule has 1 unspecified atom stereocenters. The standard InChI is InChI=1S/C18H21FN6/c1-3-25-22-12(2)16(23-25)10-24-9-8-15-17(21-11-20-15)18(24)13-4-6-14(19)7-5-13/h4-7,11,18H,3,8-10H2,1-2H3,(H,20,21). The zero-order chi connectivity index (χ0) is 17.4. The molecule has 1 N–H and O–H groups in total. The van der Waals surface area contributed by atoms with E-state index in [9.17, 15) is 4.39 Å². The largest absolute Gasteiger partial charge is 0.348 e. The van der Waals surface area contributed by atoms with E-state index in [-0.39, 0.29) is 11.9 Å². The summed E-state index contributed by atoms with van der Waals surface area (Å²) in [7, 11) is 0. The number of aromatic nitrogens is 5. The molecule has 3 aromatic rings. The van der Waals surface area contributed by atoms with E-state index in [1.54, 1.807) is 11.1 Å². The molecular weight excluding hydrogens is 319 g/mol. The molecule has 1 aliphatic heterocycles. The van der Waals surface area contributed by atoms with Gasteiger partial charge >= 0.3 is 0 Å². The molecule has 130 valence electrons. The summed E-state index contributed by atoms with van der Waals surface area (Å²) in [6.45, 7) is 6.36. The first-order valence-corrected chi connectivity index (χ1v) is 8.58. The monoisotopic (exact) mass is 340 g/mol. The zero-order valence-corrected chi connectivity index (χ0v) is 14.4. The number of halogens is 1. The SMILES string of the molecule is CCn1nc(C)c(CN2CCc3[nH]cnc3C2c2ccc(F)cc2)n1. The molecule has 7 heteroatoms. The first-order chi connectivity index (χ1) is 12.2. The fourth-order valence-corrected chi connectivity index (χ4v) is 3.45. The summed E-state index contributed by atoms with van der Waals surface area (Å²) >= 11 is 0. The molecule has 0 saturated carbocycles. The van der Waals surface area contributed by atoms with Gasteiger partial charge in [-0.05, 0) is 31.5 Å². The Hall–Kier alpha value is -2.54. The molecular formula is C18H21FN6. The summed E-state index contributed by atoms with van der Waals surface area (Å²) in [5.41, 5.74) is 5.13. The van der Waals surface area contributed by atoms with Gasteiger partial charge in [-0.3, -0.25) is 4.90 Å². The number of aryl methyl sites for hydroxylation is 2. The van der Waals surface area contributed by atoms with Crippen LogP contribution in [0, 0.1) is 12.7 Å². The maximum Gasteiger partial charge on any atom is 0.123 e. The Kier molecular flexibility index (Phi) is 4.09. The van der Waals surface area contributed by atoms with Crippen LogP contribution in [0.1, 0.15) is 41.3 Å². The molecule has 1 atom stereocenters. The average molecular weight is 340 g/mol. The van der Waals surface area contributed by atoms with E-state index in [0.717, 1.165) is 47.8 Å². The van der Waals surface area contributed by atoms with Crippen molar-refractivity contribution in [2.75, 3.05) is 6.54 Å². The minimum Gasteiger partial charge on any atom is -0.348 e. The molecule has 4 rings (SSSR count). The van der Waals surface area contributed by atoms with Crippen LogP contribution in [0.2, 0.25) is 0 Å². The van der Waals surface area contributed by atoms with Gasteiger partial charge in [-0.2, -0.15) is 15.0 Å². The van der Waals surface area contributed by atoms with Gasteiger partial charge in [0.2, 0.25) is 0 Å². The fourth-order valence-electron chi connectivity index (χ4n) is 3.45. The molecule has 0 aliphatic carbocycles. The number of aromatic amines is 1. The van der Waals surface area contributed by atoms with E-state index in [1.807, 2.05) is 26.0 Å². The smallest absolute Gasteiger partial charge is 0.123 e. The Labute approximate surface area is 145 Å². The van der Waals surface area contributed by atoms with E-state index < -0.39 is 0 Å². The van der Waals surface area contributed by atoms with E-state index in [1.165, 1.54) is 12.1 Å². The number of hydrogen-bond acceptors (Lipinski definition) is 4. The van der Waals surface area contributed by atoms with Gasteiger partial charge in [-0.25, -0.2) is 9.37 Å². The lowest BCUT2D eigenvalue weighted by Gasteiger charge is -2.34. The number of imidazole rings is 1. The zero-order valence-electron chi connectivity index (χ0n) is 14.4. The van der Waals surface area contributed by atoms with Gasteiger partial charge in [0.1, 0.15) is 5.82 Å². The van der Waals surface area contributed by atoms with Crippen molar-refractivity contribution >= 4 is 0 Å². The second-order valence-corrected chi connectivity index (χ2v) is 6.36. The van der Waals surface area contributed by atoms with Gasteiger partial charge in [0.05, 0.1) is 36.0 Å². The predicted molar refractivity (Wildman–Crippen MR) is 91.4 cm³/mol.